The summed E-state index contributed by atoms with van der Waals surface area (Å²) in [4.78, 5) is 24.5. The topological polar surface area (TPSA) is 108 Å². The van der Waals surface area contributed by atoms with Crippen LogP contribution in [-0.2, 0) is 0 Å². The minimum atomic E-state index is -0.686. The number of benzene rings is 2. The van der Waals surface area contributed by atoms with Gasteiger partial charge in [-0.1, -0.05) is 6.07 Å². The quantitative estimate of drug-likeness (QED) is 0.656. The molecule has 4 rings (SSSR count). The molecule has 2 N–H and O–H groups in total. The molecule has 27 heavy (non-hydrogen) atoms. The standard InChI is InChI=1S/C19H19N3O5/c20-19(23)13-3-5-15(16(10-13)22(24)25)21-7-1-2-14(21)12-4-6-17-18(11-12)27-9-8-26-17/h3-6,10-11,14H,1-2,7-9H2,(H2,20,23). The highest BCUT2D eigenvalue weighted by atomic mass is 16.6. The zero-order valence-corrected chi connectivity index (χ0v) is 14.6. The fourth-order valence-electron chi connectivity index (χ4n) is 3.73. The lowest BCUT2D eigenvalue weighted by Gasteiger charge is -2.28. The Kier molecular flexibility index (Phi) is 4.31. The lowest BCUT2D eigenvalue weighted by Crippen LogP contribution is -2.24. The first-order valence-corrected chi connectivity index (χ1v) is 8.79. The number of hydrogen-bond acceptors (Lipinski definition) is 6. The van der Waals surface area contributed by atoms with Gasteiger partial charge in [0.1, 0.15) is 18.9 Å². The van der Waals surface area contributed by atoms with E-state index in [-0.39, 0.29) is 17.3 Å². The molecule has 1 unspecified atom stereocenters. The maximum Gasteiger partial charge on any atom is 0.293 e. The predicted octanol–water partition coefficient (Wildman–Crippen LogP) is 2.81. The number of anilines is 1. The van der Waals surface area contributed by atoms with E-state index in [1.54, 1.807) is 6.07 Å². The average Bonchev–Trinajstić information content (AvgIpc) is 3.16. The van der Waals surface area contributed by atoms with Crippen molar-refractivity contribution in [1.29, 1.82) is 0 Å². The van der Waals surface area contributed by atoms with E-state index in [9.17, 15) is 14.9 Å². The molecule has 0 spiro atoms. The van der Waals surface area contributed by atoms with Gasteiger partial charge in [0.05, 0.1) is 11.0 Å². The van der Waals surface area contributed by atoms with E-state index >= 15 is 0 Å². The fourth-order valence-corrected chi connectivity index (χ4v) is 3.73. The van der Waals surface area contributed by atoms with Crippen molar-refractivity contribution in [3.63, 3.8) is 0 Å². The number of primary amides is 1. The van der Waals surface area contributed by atoms with Crippen molar-refractivity contribution < 1.29 is 19.2 Å². The Balaban J connectivity index is 1.71. The number of nitro groups is 1. The number of carbonyl (C=O) groups excluding carboxylic acids is 1. The molecule has 8 heteroatoms. The van der Waals surface area contributed by atoms with Gasteiger partial charge < -0.3 is 20.1 Å². The van der Waals surface area contributed by atoms with Crippen molar-refractivity contribution in [2.24, 2.45) is 5.73 Å². The van der Waals surface area contributed by atoms with Gasteiger partial charge in [-0.15, -0.1) is 0 Å². The molecule has 0 aliphatic carbocycles. The highest BCUT2D eigenvalue weighted by Crippen LogP contribution is 2.43. The summed E-state index contributed by atoms with van der Waals surface area (Å²) in [6.45, 7) is 1.72. The van der Waals surface area contributed by atoms with E-state index < -0.39 is 10.8 Å². The Morgan fingerprint density at radius 3 is 2.67 bits per heavy atom. The van der Waals surface area contributed by atoms with Gasteiger partial charge in [-0.25, -0.2) is 0 Å². The molecular weight excluding hydrogens is 350 g/mol. The maximum atomic E-state index is 11.6. The molecule has 1 fully saturated rings. The molecule has 1 atom stereocenters. The largest absolute Gasteiger partial charge is 0.486 e. The second-order valence-electron chi connectivity index (χ2n) is 6.58. The number of ether oxygens (including phenoxy) is 2. The summed E-state index contributed by atoms with van der Waals surface area (Å²) in [6, 6.07) is 10.2. The van der Waals surface area contributed by atoms with Gasteiger partial charge >= 0.3 is 0 Å². The van der Waals surface area contributed by atoms with Crippen LogP contribution in [0.1, 0.15) is 34.8 Å². The SMILES string of the molecule is NC(=O)c1ccc(N2CCCC2c2ccc3c(c2)OCCO3)c([N+](=O)[O-])c1. The van der Waals surface area contributed by atoms with Crippen LogP contribution in [0.5, 0.6) is 11.5 Å². The van der Waals surface area contributed by atoms with Gasteiger partial charge in [0, 0.05) is 18.2 Å². The Hall–Kier alpha value is -3.29. The van der Waals surface area contributed by atoms with Crippen molar-refractivity contribution in [3.05, 3.63) is 57.6 Å². The van der Waals surface area contributed by atoms with Crippen molar-refractivity contribution in [2.75, 3.05) is 24.7 Å². The zero-order valence-electron chi connectivity index (χ0n) is 14.6. The first-order chi connectivity index (χ1) is 13.0. The second-order valence-corrected chi connectivity index (χ2v) is 6.58. The molecule has 1 amide bonds. The van der Waals surface area contributed by atoms with Crippen LogP contribution in [0.4, 0.5) is 11.4 Å². The number of fused-ring (bicyclic) bond motifs is 1. The molecule has 2 heterocycles. The van der Waals surface area contributed by atoms with Crippen molar-refractivity contribution in [3.8, 4) is 11.5 Å². The predicted molar refractivity (Wildman–Crippen MR) is 98.4 cm³/mol. The Morgan fingerprint density at radius 1 is 1.15 bits per heavy atom. The van der Waals surface area contributed by atoms with Crippen LogP contribution in [0.25, 0.3) is 0 Å². The minimum Gasteiger partial charge on any atom is -0.486 e. The molecule has 140 valence electrons. The summed E-state index contributed by atoms with van der Waals surface area (Å²) in [7, 11) is 0. The molecule has 2 aliphatic heterocycles. The molecule has 0 radical (unpaired) electrons. The number of nitro benzene ring substituents is 1. The first kappa shape index (κ1) is 17.1. The third-order valence-corrected chi connectivity index (χ3v) is 4.97. The van der Waals surface area contributed by atoms with Gasteiger partial charge in [-0.2, -0.15) is 0 Å². The Morgan fingerprint density at radius 2 is 1.93 bits per heavy atom. The van der Waals surface area contributed by atoms with Crippen molar-refractivity contribution in [2.45, 2.75) is 18.9 Å². The first-order valence-electron chi connectivity index (χ1n) is 8.79. The molecule has 8 nitrogen and oxygen atoms in total. The van der Waals surface area contributed by atoms with Crippen LogP contribution >= 0.6 is 0 Å². The summed E-state index contributed by atoms with van der Waals surface area (Å²) >= 11 is 0. The normalized spacial score (nSPS) is 18.4. The molecular formula is C19H19N3O5. The molecule has 0 bridgehead atoms. The number of amides is 1. The number of nitrogens with two attached hydrogens (primary N) is 1. The lowest BCUT2D eigenvalue weighted by atomic mass is 10.0. The highest BCUT2D eigenvalue weighted by molar-refractivity contribution is 5.94. The molecule has 2 aromatic carbocycles. The van der Waals surface area contributed by atoms with E-state index in [1.165, 1.54) is 12.1 Å². The molecule has 1 saturated heterocycles. The van der Waals surface area contributed by atoms with Crippen LogP contribution in [0.15, 0.2) is 36.4 Å². The van der Waals surface area contributed by atoms with Gasteiger partial charge in [0.2, 0.25) is 5.91 Å². The van der Waals surface area contributed by atoms with Crippen LogP contribution in [-0.4, -0.2) is 30.6 Å². The van der Waals surface area contributed by atoms with E-state index in [4.69, 9.17) is 15.2 Å². The maximum absolute atomic E-state index is 11.6. The summed E-state index contributed by atoms with van der Waals surface area (Å²) in [5.74, 6) is 0.727. The van der Waals surface area contributed by atoms with Crippen LogP contribution in [0.2, 0.25) is 0 Å². The number of carbonyl (C=O) groups is 1. The van der Waals surface area contributed by atoms with Gasteiger partial charge in [0.25, 0.3) is 5.69 Å². The van der Waals surface area contributed by atoms with Crippen molar-refractivity contribution in [1.82, 2.24) is 0 Å². The van der Waals surface area contributed by atoms with E-state index in [1.807, 2.05) is 23.1 Å². The third kappa shape index (κ3) is 3.14. The summed E-state index contributed by atoms with van der Waals surface area (Å²) in [5, 5.41) is 11.6. The minimum absolute atomic E-state index is 0.0149. The van der Waals surface area contributed by atoms with Gasteiger partial charge in [0.15, 0.2) is 11.5 Å². The van der Waals surface area contributed by atoms with E-state index in [0.29, 0.717) is 36.9 Å². The lowest BCUT2D eigenvalue weighted by molar-refractivity contribution is -0.384. The third-order valence-electron chi connectivity index (χ3n) is 4.97. The zero-order chi connectivity index (χ0) is 19.0. The summed E-state index contributed by atoms with van der Waals surface area (Å²) < 4.78 is 11.2. The second kappa shape index (κ2) is 6.79. The number of nitrogens with zero attached hydrogens (tertiary/aromatic N) is 2. The Bertz CT molecular complexity index is 914. The number of hydrogen-bond donors (Lipinski definition) is 1. The number of rotatable bonds is 4. The Labute approximate surface area is 155 Å². The fraction of sp³-hybridized carbons (Fsp3) is 0.316. The van der Waals surface area contributed by atoms with Crippen LogP contribution in [0.3, 0.4) is 0 Å². The summed E-state index contributed by atoms with van der Waals surface area (Å²) in [5.41, 5.74) is 6.79. The van der Waals surface area contributed by atoms with E-state index in [0.717, 1.165) is 18.4 Å². The van der Waals surface area contributed by atoms with Crippen molar-refractivity contribution >= 4 is 17.3 Å². The summed E-state index contributed by atoms with van der Waals surface area (Å²) in [6.07, 6.45) is 1.78. The average molecular weight is 369 g/mol. The molecule has 2 aliphatic rings. The van der Waals surface area contributed by atoms with E-state index in [2.05, 4.69) is 0 Å². The van der Waals surface area contributed by atoms with Gasteiger partial charge in [-0.05, 0) is 42.7 Å². The highest BCUT2D eigenvalue weighted by Gasteiger charge is 2.32. The molecule has 0 saturated carbocycles. The van der Waals surface area contributed by atoms with Crippen LogP contribution in [0, 0.1) is 10.1 Å². The smallest absolute Gasteiger partial charge is 0.293 e. The van der Waals surface area contributed by atoms with Crippen LogP contribution < -0.4 is 20.1 Å². The monoisotopic (exact) mass is 369 g/mol. The van der Waals surface area contributed by atoms with Gasteiger partial charge in [-0.3, -0.25) is 14.9 Å². The molecule has 0 aromatic heterocycles. The molecule has 2 aromatic rings.